The van der Waals surface area contributed by atoms with Crippen LogP contribution in [0.2, 0.25) is 0 Å². The lowest BCUT2D eigenvalue weighted by atomic mass is 10.1. The number of aryl methyl sites for hydroxylation is 2. The summed E-state index contributed by atoms with van der Waals surface area (Å²) in [6, 6.07) is 9.95. The second-order valence-electron chi connectivity index (χ2n) is 7.49. The molecule has 0 bridgehead atoms. The molecule has 1 N–H and O–H groups in total. The summed E-state index contributed by atoms with van der Waals surface area (Å²) in [6.45, 7) is 5.07. The van der Waals surface area contributed by atoms with Gasteiger partial charge in [-0.05, 0) is 38.1 Å². The Hall–Kier alpha value is -3.42. The number of piperidine rings is 1. The molecule has 0 unspecified atom stereocenters. The molecule has 1 amide bonds. The molecule has 8 heteroatoms. The van der Waals surface area contributed by atoms with E-state index in [9.17, 15) is 4.79 Å². The van der Waals surface area contributed by atoms with Crippen molar-refractivity contribution in [3.05, 3.63) is 53.7 Å². The molecule has 3 aromatic heterocycles. The Morgan fingerprint density at radius 3 is 2.83 bits per heavy atom. The van der Waals surface area contributed by atoms with Crippen LogP contribution in [0, 0.1) is 13.8 Å². The van der Waals surface area contributed by atoms with E-state index in [0.717, 1.165) is 40.9 Å². The third kappa shape index (κ3) is 3.20. The number of hydrogen-bond donors (Lipinski definition) is 1. The number of likely N-dealkylation sites (tertiary alicyclic amines) is 1. The van der Waals surface area contributed by atoms with Crippen molar-refractivity contribution in [3.8, 4) is 5.75 Å². The molecule has 0 atom stereocenters. The van der Waals surface area contributed by atoms with Crippen molar-refractivity contribution in [3.63, 3.8) is 0 Å². The summed E-state index contributed by atoms with van der Waals surface area (Å²) >= 11 is 0. The molecule has 148 valence electrons. The standard InChI is InChI=1S/C21H22N6O2/c1-13-12-14(2)27-21(23-13)24-19(25-27)20(28)26-10-7-15(8-11-26)29-18-5-3-4-17-16(18)6-9-22-17/h3-6,9,12,15,22H,7-8,10-11H2,1-2H3. The highest BCUT2D eigenvalue weighted by molar-refractivity contribution is 5.91. The van der Waals surface area contributed by atoms with Crippen LogP contribution in [0.3, 0.4) is 0 Å². The van der Waals surface area contributed by atoms with Gasteiger partial charge in [-0.3, -0.25) is 4.79 Å². The summed E-state index contributed by atoms with van der Waals surface area (Å²) in [5.41, 5.74) is 2.83. The van der Waals surface area contributed by atoms with E-state index in [4.69, 9.17) is 4.74 Å². The molecule has 29 heavy (non-hydrogen) atoms. The molecule has 0 radical (unpaired) electrons. The van der Waals surface area contributed by atoms with Gasteiger partial charge in [0.25, 0.3) is 11.7 Å². The van der Waals surface area contributed by atoms with Crippen LogP contribution in [0.1, 0.15) is 34.8 Å². The minimum absolute atomic E-state index is 0.0835. The Kier molecular flexibility index (Phi) is 4.19. The molecular formula is C21H22N6O2. The van der Waals surface area contributed by atoms with Crippen LogP contribution in [-0.2, 0) is 0 Å². The van der Waals surface area contributed by atoms with Gasteiger partial charge in [-0.25, -0.2) is 9.50 Å². The number of aromatic amines is 1. The fraction of sp³-hybridized carbons (Fsp3) is 0.333. The zero-order valence-corrected chi connectivity index (χ0v) is 16.4. The van der Waals surface area contributed by atoms with Gasteiger partial charge in [0, 0.05) is 54.4 Å². The Balaban J connectivity index is 1.27. The molecule has 1 fully saturated rings. The number of ether oxygens (including phenoxy) is 1. The first-order valence-electron chi connectivity index (χ1n) is 9.81. The van der Waals surface area contributed by atoms with Gasteiger partial charge in [0.1, 0.15) is 11.9 Å². The van der Waals surface area contributed by atoms with E-state index in [1.54, 1.807) is 9.42 Å². The number of rotatable bonds is 3. The van der Waals surface area contributed by atoms with Gasteiger partial charge in [-0.2, -0.15) is 4.98 Å². The molecule has 1 saturated heterocycles. The molecule has 1 aromatic carbocycles. The third-order valence-corrected chi connectivity index (χ3v) is 5.39. The summed E-state index contributed by atoms with van der Waals surface area (Å²) in [4.78, 5) is 26.6. The predicted molar refractivity (Wildman–Crippen MR) is 108 cm³/mol. The van der Waals surface area contributed by atoms with Crippen molar-refractivity contribution in [1.82, 2.24) is 29.5 Å². The molecule has 5 rings (SSSR count). The van der Waals surface area contributed by atoms with Gasteiger partial charge in [-0.15, -0.1) is 5.10 Å². The summed E-state index contributed by atoms with van der Waals surface area (Å²) < 4.78 is 7.85. The molecule has 1 aliphatic heterocycles. The molecule has 0 aliphatic carbocycles. The van der Waals surface area contributed by atoms with E-state index in [1.807, 2.05) is 50.4 Å². The van der Waals surface area contributed by atoms with E-state index in [0.29, 0.717) is 18.9 Å². The first-order valence-corrected chi connectivity index (χ1v) is 9.81. The normalized spacial score (nSPS) is 15.3. The highest BCUT2D eigenvalue weighted by atomic mass is 16.5. The van der Waals surface area contributed by atoms with Crippen molar-refractivity contribution in [2.75, 3.05) is 13.1 Å². The van der Waals surface area contributed by atoms with Crippen LogP contribution >= 0.6 is 0 Å². The molecule has 0 spiro atoms. The maximum atomic E-state index is 12.9. The molecule has 4 heterocycles. The zero-order chi connectivity index (χ0) is 20.0. The fourth-order valence-electron chi connectivity index (χ4n) is 3.91. The second-order valence-corrected chi connectivity index (χ2v) is 7.49. The first-order chi connectivity index (χ1) is 14.1. The van der Waals surface area contributed by atoms with Crippen molar-refractivity contribution < 1.29 is 9.53 Å². The molecule has 0 saturated carbocycles. The minimum Gasteiger partial charge on any atom is -0.490 e. The van der Waals surface area contributed by atoms with E-state index in [1.165, 1.54) is 0 Å². The third-order valence-electron chi connectivity index (χ3n) is 5.39. The average molecular weight is 390 g/mol. The quantitative estimate of drug-likeness (QED) is 0.581. The highest BCUT2D eigenvalue weighted by Gasteiger charge is 2.27. The van der Waals surface area contributed by atoms with Gasteiger partial charge in [0.2, 0.25) is 5.82 Å². The molecule has 8 nitrogen and oxygen atoms in total. The lowest BCUT2D eigenvalue weighted by Gasteiger charge is -2.31. The summed E-state index contributed by atoms with van der Waals surface area (Å²) in [5.74, 6) is 1.39. The molecule has 4 aromatic rings. The van der Waals surface area contributed by atoms with Crippen molar-refractivity contribution in [2.45, 2.75) is 32.8 Å². The van der Waals surface area contributed by atoms with Crippen LogP contribution in [0.5, 0.6) is 5.75 Å². The maximum absolute atomic E-state index is 12.9. The number of carbonyl (C=O) groups is 1. The van der Waals surface area contributed by atoms with Gasteiger partial charge in [0.05, 0.1) is 0 Å². The largest absolute Gasteiger partial charge is 0.490 e. The van der Waals surface area contributed by atoms with Crippen molar-refractivity contribution in [1.29, 1.82) is 0 Å². The summed E-state index contributed by atoms with van der Waals surface area (Å²) in [5, 5.41) is 5.44. The first kappa shape index (κ1) is 17.7. The van der Waals surface area contributed by atoms with Crippen LogP contribution < -0.4 is 4.74 Å². The van der Waals surface area contributed by atoms with Crippen LogP contribution in [-0.4, -0.2) is 54.6 Å². The molecule has 1 aliphatic rings. The van der Waals surface area contributed by atoms with E-state index in [-0.39, 0.29) is 17.8 Å². The summed E-state index contributed by atoms with van der Waals surface area (Å²) in [6.07, 6.45) is 3.55. The van der Waals surface area contributed by atoms with Crippen LogP contribution in [0.25, 0.3) is 16.7 Å². The smallest absolute Gasteiger partial charge is 0.293 e. The SMILES string of the molecule is Cc1cc(C)n2nc(C(=O)N3CCC(Oc4cccc5[nH]ccc45)CC3)nc2n1. The Morgan fingerprint density at radius 2 is 2.00 bits per heavy atom. The lowest BCUT2D eigenvalue weighted by Crippen LogP contribution is -2.42. The second kappa shape index (κ2) is 6.88. The van der Waals surface area contributed by atoms with Crippen LogP contribution in [0.15, 0.2) is 36.5 Å². The Labute approximate surface area is 167 Å². The average Bonchev–Trinajstić information content (AvgIpc) is 3.35. The van der Waals surface area contributed by atoms with Crippen molar-refractivity contribution in [2.24, 2.45) is 0 Å². The van der Waals surface area contributed by atoms with Crippen molar-refractivity contribution >= 4 is 22.6 Å². The number of fused-ring (bicyclic) bond motifs is 2. The monoisotopic (exact) mass is 390 g/mol. The molecular weight excluding hydrogens is 368 g/mol. The lowest BCUT2D eigenvalue weighted by molar-refractivity contribution is 0.0587. The number of nitrogens with one attached hydrogen (secondary N) is 1. The predicted octanol–water partition coefficient (Wildman–Crippen LogP) is 2.91. The van der Waals surface area contributed by atoms with Gasteiger partial charge >= 0.3 is 0 Å². The number of hydrogen-bond acceptors (Lipinski definition) is 5. The number of aromatic nitrogens is 5. The number of nitrogens with zero attached hydrogens (tertiary/aromatic N) is 5. The Morgan fingerprint density at radius 1 is 1.17 bits per heavy atom. The number of carbonyl (C=O) groups excluding carboxylic acids is 1. The van der Waals surface area contributed by atoms with Gasteiger partial charge in [0.15, 0.2) is 0 Å². The highest BCUT2D eigenvalue weighted by Crippen LogP contribution is 2.27. The fourth-order valence-corrected chi connectivity index (χ4v) is 3.91. The van der Waals surface area contributed by atoms with E-state index in [2.05, 4.69) is 20.1 Å². The van der Waals surface area contributed by atoms with Gasteiger partial charge < -0.3 is 14.6 Å². The maximum Gasteiger partial charge on any atom is 0.293 e. The minimum atomic E-state index is -0.154. The van der Waals surface area contributed by atoms with Crippen LogP contribution in [0.4, 0.5) is 0 Å². The van der Waals surface area contributed by atoms with E-state index < -0.39 is 0 Å². The Bertz CT molecular complexity index is 1200. The van der Waals surface area contributed by atoms with Gasteiger partial charge in [-0.1, -0.05) is 6.07 Å². The zero-order valence-electron chi connectivity index (χ0n) is 16.4. The number of H-pyrrole nitrogens is 1. The summed E-state index contributed by atoms with van der Waals surface area (Å²) in [7, 11) is 0. The van der Waals surface area contributed by atoms with E-state index >= 15 is 0 Å². The topological polar surface area (TPSA) is 88.4 Å². The number of amides is 1. The number of benzene rings is 1.